The van der Waals surface area contributed by atoms with Gasteiger partial charge in [0, 0.05) is 20.5 Å². The molecule has 0 aromatic rings. The zero-order valence-electron chi connectivity index (χ0n) is 19.6. The summed E-state index contributed by atoms with van der Waals surface area (Å²) in [4.78, 5) is 2.59. The van der Waals surface area contributed by atoms with Gasteiger partial charge in [-0.25, -0.2) is 10.4 Å². The number of hydrogen-bond acceptors (Lipinski definition) is 3. The minimum Gasteiger partial charge on any atom is -0.321 e. The number of hydrogen-bond donors (Lipinski definition) is 1. The first kappa shape index (κ1) is 25.8. The van der Waals surface area contributed by atoms with Gasteiger partial charge in [0.2, 0.25) is 0 Å². The zero-order chi connectivity index (χ0) is 20.2. The normalized spacial score (nSPS) is 15.2. The first-order chi connectivity index (χ1) is 12.2. The van der Waals surface area contributed by atoms with Crippen LogP contribution in [0.5, 0.6) is 0 Å². The molecule has 0 saturated heterocycles. The van der Waals surface area contributed by atoms with Gasteiger partial charge in [0.25, 0.3) is 0 Å². The number of quaternary nitrogens is 1. The van der Waals surface area contributed by atoms with Crippen LogP contribution < -0.4 is 5.43 Å². The summed E-state index contributed by atoms with van der Waals surface area (Å²) in [7, 11) is 9.09. The van der Waals surface area contributed by atoms with Crippen molar-refractivity contribution in [3.05, 3.63) is 0 Å². The Kier molecular flexibility index (Phi) is 13.8. The number of likely N-dealkylation sites (N-methyl/N-ethyl adjacent to an activating group) is 2. The summed E-state index contributed by atoms with van der Waals surface area (Å²) in [6.07, 6.45) is 9.40. The fourth-order valence-electron chi connectivity index (χ4n) is 4.27. The molecular formula is C22H51N4+. The molecule has 0 aromatic carbocycles. The Morgan fingerprint density at radius 1 is 0.846 bits per heavy atom. The lowest BCUT2D eigenvalue weighted by molar-refractivity contribution is -0.936. The Hall–Kier alpha value is -0.160. The van der Waals surface area contributed by atoms with Crippen LogP contribution in [0.4, 0.5) is 0 Å². The summed E-state index contributed by atoms with van der Waals surface area (Å²) in [6, 6.07) is 0.617. The number of nitrogens with one attached hydrogen (secondary N) is 1. The quantitative estimate of drug-likeness (QED) is 0.185. The second-order valence-electron chi connectivity index (χ2n) is 9.12. The van der Waals surface area contributed by atoms with Crippen molar-refractivity contribution in [1.82, 2.24) is 15.3 Å². The minimum absolute atomic E-state index is 0.392. The van der Waals surface area contributed by atoms with Gasteiger partial charge in [0.1, 0.15) is 12.2 Å². The molecule has 0 bridgehead atoms. The second-order valence-corrected chi connectivity index (χ2v) is 9.12. The number of nitrogens with zero attached hydrogens (tertiary/aromatic N) is 3. The van der Waals surface area contributed by atoms with Crippen LogP contribution in [0.1, 0.15) is 79.6 Å². The van der Waals surface area contributed by atoms with E-state index in [0.29, 0.717) is 12.2 Å². The highest BCUT2D eigenvalue weighted by Crippen LogP contribution is 2.24. The van der Waals surface area contributed by atoms with E-state index in [1.54, 1.807) is 0 Å². The highest BCUT2D eigenvalue weighted by Gasteiger charge is 2.39. The molecule has 2 unspecified atom stereocenters. The van der Waals surface area contributed by atoms with Crippen LogP contribution in [-0.4, -0.2) is 74.4 Å². The van der Waals surface area contributed by atoms with Crippen LogP contribution in [0.2, 0.25) is 0 Å². The maximum absolute atomic E-state index is 3.80. The van der Waals surface area contributed by atoms with E-state index in [2.05, 4.69) is 78.1 Å². The highest BCUT2D eigenvalue weighted by molar-refractivity contribution is 4.77. The standard InChI is InChI=1S/C22H51N4/c1-10-13-14-17-25(8)22(23-24(6)7)21(16-15-20(4)5)26(9,18-11-2)19-12-3/h20-23H,10-19H2,1-9H3/q+1. The van der Waals surface area contributed by atoms with Crippen molar-refractivity contribution in [2.75, 3.05) is 47.8 Å². The van der Waals surface area contributed by atoms with Gasteiger partial charge in [-0.2, -0.15) is 0 Å². The molecule has 4 nitrogen and oxygen atoms in total. The SMILES string of the molecule is CCCCCN(C)C(NN(C)C)C(CCC(C)C)[N+](C)(CCC)CCC. The molecule has 0 fully saturated rings. The maximum atomic E-state index is 3.80. The van der Waals surface area contributed by atoms with Gasteiger partial charge in [-0.15, -0.1) is 0 Å². The van der Waals surface area contributed by atoms with Gasteiger partial charge in [0.05, 0.1) is 20.1 Å². The monoisotopic (exact) mass is 371 g/mol. The van der Waals surface area contributed by atoms with Crippen LogP contribution in [-0.2, 0) is 0 Å². The van der Waals surface area contributed by atoms with E-state index < -0.39 is 0 Å². The Morgan fingerprint density at radius 2 is 1.42 bits per heavy atom. The molecule has 0 aliphatic carbocycles. The first-order valence-corrected chi connectivity index (χ1v) is 11.2. The summed E-state index contributed by atoms with van der Waals surface area (Å²) in [5.74, 6) is 0.764. The predicted octanol–water partition coefficient (Wildman–Crippen LogP) is 4.57. The average molecular weight is 372 g/mol. The fourth-order valence-corrected chi connectivity index (χ4v) is 4.27. The molecule has 0 aliphatic rings. The van der Waals surface area contributed by atoms with E-state index in [4.69, 9.17) is 0 Å². The number of hydrazine groups is 1. The van der Waals surface area contributed by atoms with Crippen LogP contribution in [0.3, 0.4) is 0 Å². The molecule has 2 atom stereocenters. The Bertz CT molecular complexity index is 324. The lowest BCUT2D eigenvalue weighted by Gasteiger charge is -2.48. The molecule has 4 heteroatoms. The summed E-state index contributed by atoms with van der Waals surface area (Å²) in [6.45, 7) is 15.4. The van der Waals surface area contributed by atoms with Gasteiger partial charge in [-0.3, -0.25) is 4.90 Å². The Labute approximate surface area is 165 Å². The maximum Gasteiger partial charge on any atom is 0.126 e. The molecule has 0 amide bonds. The molecule has 0 radical (unpaired) electrons. The lowest BCUT2D eigenvalue weighted by Crippen LogP contribution is -2.67. The molecule has 0 aliphatic heterocycles. The third-order valence-electron chi connectivity index (χ3n) is 5.65. The molecule has 26 heavy (non-hydrogen) atoms. The van der Waals surface area contributed by atoms with E-state index in [0.717, 1.165) is 5.92 Å². The van der Waals surface area contributed by atoms with E-state index >= 15 is 0 Å². The number of unbranched alkanes of at least 4 members (excludes halogenated alkanes) is 2. The highest BCUT2D eigenvalue weighted by atomic mass is 15.6. The predicted molar refractivity (Wildman–Crippen MR) is 117 cm³/mol. The third-order valence-corrected chi connectivity index (χ3v) is 5.65. The topological polar surface area (TPSA) is 18.5 Å². The molecule has 0 spiro atoms. The van der Waals surface area contributed by atoms with Crippen molar-refractivity contribution < 1.29 is 4.48 Å². The van der Waals surface area contributed by atoms with Gasteiger partial charge < -0.3 is 4.48 Å². The summed E-state index contributed by atoms with van der Waals surface area (Å²) >= 11 is 0. The van der Waals surface area contributed by atoms with Crippen LogP contribution in [0.15, 0.2) is 0 Å². The van der Waals surface area contributed by atoms with Crippen molar-refractivity contribution in [2.45, 2.75) is 91.8 Å². The summed E-state index contributed by atoms with van der Waals surface area (Å²) in [5.41, 5.74) is 3.80. The average Bonchev–Trinajstić information content (AvgIpc) is 2.53. The van der Waals surface area contributed by atoms with Crippen molar-refractivity contribution >= 4 is 0 Å². The molecule has 0 saturated carbocycles. The molecule has 0 aromatic heterocycles. The lowest BCUT2D eigenvalue weighted by atomic mass is 9.97. The number of rotatable bonds is 16. The van der Waals surface area contributed by atoms with Gasteiger partial charge in [-0.05, 0) is 45.2 Å². The fraction of sp³-hybridized carbons (Fsp3) is 1.00. The van der Waals surface area contributed by atoms with E-state index in [1.807, 2.05) is 0 Å². The van der Waals surface area contributed by atoms with Crippen molar-refractivity contribution in [1.29, 1.82) is 0 Å². The molecule has 0 heterocycles. The van der Waals surface area contributed by atoms with Gasteiger partial charge >= 0.3 is 0 Å². The van der Waals surface area contributed by atoms with Crippen molar-refractivity contribution in [3.63, 3.8) is 0 Å². The van der Waals surface area contributed by atoms with Gasteiger partial charge in [-0.1, -0.05) is 47.5 Å². The van der Waals surface area contributed by atoms with Crippen molar-refractivity contribution in [2.24, 2.45) is 5.92 Å². The summed E-state index contributed by atoms with van der Waals surface area (Å²) < 4.78 is 1.18. The smallest absolute Gasteiger partial charge is 0.126 e. The molecule has 1 N–H and O–H groups in total. The Balaban J connectivity index is 5.58. The Morgan fingerprint density at radius 3 is 1.85 bits per heavy atom. The molecular weight excluding hydrogens is 320 g/mol. The van der Waals surface area contributed by atoms with E-state index in [-0.39, 0.29) is 0 Å². The van der Waals surface area contributed by atoms with Crippen LogP contribution in [0, 0.1) is 5.92 Å². The van der Waals surface area contributed by atoms with Crippen LogP contribution >= 0.6 is 0 Å². The van der Waals surface area contributed by atoms with Gasteiger partial charge in [0.15, 0.2) is 0 Å². The van der Waals surface area contributed by atoms with Crippen molar-refractivity contribution in [3.8, 4) is 0 Å². The third kappa shape index (κ3) is 9.68. The molecule has 158 valence electrons. The second kappa shape index (κ2) is 13.9. The van der Waals surface area contributed by atoms with E-state index in [1.165, 1.54) is 69.1 Å². The molecule has 0 rings (SSSR count). The zero-order valence-corrected chi connectivity index (χ0v) is 19.6. The minimum atomic E-state index is 0.392. The summed E-state index contributed by atoms with van der Waals surface area (Å²) in [5, 5.41) is 2.16. The largest absolute Gasteiger partial charge is 0.321 e. The van der Waals surface area contributed by atoms with Crippen LogP contribution in [0.25, 0.3) is 0 Å². The first-order valence-electron chi connectivity index (χ1n) is 11.2. The van der Waals surface area contributed by atoms with E-state index in [9.17, 15) is 0 Å².